The van der Waals surface area contributed by atoms with Crippen LogP contribution in [0.3, 0.4) is 0 Å². The lowest BCUT2D eigenvalue weighted by Gasteiger charge is -2.08. The van der Waals surface area contributed by atoms with E-state index in [1.807, 2.05) is 17.8 Å². The zero-order chi connectivity index (χ0) is 12.7. The standard InChI is InChI=1S/C12H16ClNOS2/c1-2-17-7-3-6-15-9-4-5-10(12(14)16)11(13)8-9/h4-5,8H,2-3,6-7H2,1H3,(H2,14,16). The Morgan fingerprint density at radius 2 is 2.29 bits per heavy atom. The van der Waals surface area contributed by atoms with Crippen LogP contribution in [0.5, 0.6) is 5.75 Å². The number of rotatable bonds is 7. The zero-order valence-electron chi connectivity index (χ0n) is 9.74. The highest BCUT2D eigenvalue weighted by Gasteiger charge is 2.04. The molecular weight excluding hydrogens is 274 g/mol. The molecule has 17 heavy (non-hydrogen) atoms. The van der Waals surface area contributed by atoms with Gasteiger partial charge < -0.3 is 10.5 Å². The number of thioether (sulfide) groups is 1. The summed E-state index contributed by atoms with van der Waals surface area (Å²) in [4.78, 5) is 0.306. The van der Waals surface area contributed by atoms with Gasteiger partial charge in [-0.2, -0.15) is 11.8 Å². The van der Waals surface area contributed by atoms with E-state index in [1.165, 1.54) is 0 Å². The summed E-state index contributed by atoms with van der Waals surface area (Å²) in [6.45, 7) is 2.86. The largest absolute Gasteiger partial charge is 0.494 e. The molecule has 2 nitrogen and oxygen atoms in total. The minimum absolute atomic E-state index is 0.306. The number of hydrogen-bond donors (Lipinski definition) is 1. The third-order valence-corrected chi connectivity index (χ3v) is 3.63. The first-order valence-electron chi connectivity index (χ1n) is 5.45. The van der Waals surface area contributed by atoms with E-state index in [2.05, 4.69) is 6.92 Å². The van der Waals surface area contributed by atoms with Crippen LogP contribution in [-0.4, -0.2) is 23.1 Å². The van der Waals surface area contributed by atoms with Crippen LogP contribution in [0.2, 0.25) is 5.02 Å². The Hall–Kier alpha value is -0.450. The lowest BCUT2D eigenvalue weighted by atomic mass is 10.2. The average molecular weight is 290 g/mol. The van der Waals surface area contributed by atoms with Crippen LogP contribution < -0.4 is 10.5 Å². The molecule has 0 aliphatic rings. The van der Waals surface area contributed by atoms with Crippen molar-refractivity contribution >= 4 is 40.6 Å². The molecule has 0 saturated heterocycles. The summed E-state index contributed by atoms with van der Waals surface area (Å²) >= 11 is 12.8. The van der Waals surface area contributed by atoms with E-state index in [0.29, 0.717) is 22.2 Å². The summed E-state index contributed by atoms with van der Waals surface area (Å²) < 4.78 is 5.59. The second-order valence-electron chi connectivity index (χ2n) is 3.40. The molecule has 1 aromatic carbocycles. The van der Waals surface area contributed by atoms with Crippen molar-refractivity contribution in [3.05, 3.63) is 28.8 Å². The van der Waals surface area contributed by atoms with Gasteiger partial charge in [0, 0.05) is 5.56 Å². The molecule has 0 amide bonds. The molecule has 0 bridgehead atoms. The monoisotopic (exact) mass is 289 g/mol. The molecule has 0 aromatic heterocycles. The van der Waals surface area contributed by atoms with Gasteiger partial charge in [0.05, 0.1) is 11.6 Å². The van der Waals surface area contributed by atoms with Crippen LogP contribution in [0.25, 0.3) is 0 Å². The fraction of sp³-hybridized carbons (Fsp3) is 0.417. The summed E-state index contributed by atoms with van der Waals surface area (Å²) in [5, 5.41) is 0.540. The van der Waals surface area contributed by atoms with E-state index in [9.17, 15) is 0 Å². The third-order valence-electron chi connectivity index (χ3n) is 2.11. The van der Waals surface area contributed by atoms with Crippen molar-refractivity contribution in [3.8, 4) is 5.75 Å². The van der Waals surface area contributed by atoms with E-state index in [0.717, 1.165) is 23.7 Å². The predicted octanol–water partition coefficient (Wildman–Crippen LogP) is 3.50. The van der Waals surface area contributed by atoms with Gasteiger partial charge in [0.2, 0.25) is 0 Å². The lowest BCUT2D eigenvalue weighted by molar-refractivity contribution is 0.319. The summed E-state index contributed by atoms with van der Waals surface area (Å²) in [6, 6.07) is 5.39. The molecule has 0 spiro atoms. The molecule has 1 rings (SSSR count). The van der Waals surface area contributed by atoms with Gasteiger partial charge >= 0.3 is 0 Å². The second-order valence-corrected chi connectivity index (χ2v) is 5.65. The van der Waals surface area contributed by atoms with Gasteiger partial charge in [-0.25, -0.2) is 0 Å². The highest BCUT2D eigenvalue weighted by Crippen LogP contribution is 2.22. The molecule has 5 heteroatoms. The maximum absolute atomic E-state index is 6.04. The summed E-state index contributed by atoms with van der Waals surface area (Å²) in [5.41, 5.74) is 6.21. The Kier molecular flexibility index (Phi) is 6.70. The highest BCUT2D eigenvalue weighted by atomic mass is 35.5. The van der Waals surface area contributed by atoms with Crippen molar-refractivity contribution in [1.82, 2.24) is 0 Å². The molecule has 2 N–H and O–H groups in total. The molecule has 0 aliphatic carbocycles. The minimum Gasteiger partial charge on any atom is -0.494 e. The van der Waals surface area contributed by atoms with Crippen LogP contribution in [0, 0.1) is 0 Å². The smallest absolute Gasteiger partial charge is 0.120 e. The molecule has 1 aromatic rings. The van der Waals surface area contributed by atoms with E-state index in [4.69, 9.17) is 34.3 Å². The Morgan fingerprint density at radius 3 is 2.88 bits per heavy atom. The van der Waals surface area contributed by atoms with Gasteiger partial charge in [0.15, 0.2) is 0 Å². The quantitative estimate of drug-likeness (QED) is 0.615. The van der Waals surface area contributed by atoms with Crippen molar-refractivity contribution in [2.75, 3.05) is 18.1 Å². The topological polar surface area (TPSA) is 35.2 Å². The van der Waals surface area contributed by atoms with Gasteiger partial charge in [0.25, 0.3) is 0 Å². The first-order valence-corrected chi connectivity index (χ1v) is 7.39. The molecule has 0 heterocycles. The number of thiocarbonyl (C=S) groups is 1. The van der Waals surface area contributed by atoms with Crippen molar-refractivity contribution in [2.45, 2.75) is 13.3 Å². The second kappa shape index (κ2) is 7.80. The Morgan fingerprint density at radius 1 is 1.53 bits per heavy atom. The number of benzene rings is 1. The zero-order valence-corrected chi connectivity index (χ0v) is 12.1. The van der Waals surface area contributed by atoms with Gasteiger partial charge in [-0.1, -0.05) is 30.7 Å². The van der Waals surface area contributed by atoms with E-state index in [-0.39, 0.29) is 0 Å². The van der Waals surface area contributed by atoms with Gasteiger partial charge in [-0.05, 0) is 36.1 Å². The van der Waals surface area contributed by atoms with Crippen LogP contribution in [0.15, 0.2) is 18.2 Å². The normalized spacial score (nSPS) is 10.2. The Labute approximate surface area is 117 Å². The molecule has 94 valence electrons. The van der Waals surface area contributed by atoms with Crippen molar-refractivity contribution in [1.29, 1.82) is 0 Å². The maximum Gasteiger partial charge on any atom is 0.120 e. The van der Waals surface area contributed by atoms with Crippen molar-refractivity contribution < 1.29 is 4.74 Å². The first-order chi connectivity index (χ1) is 8.15. The fourth-order valence-electron chi connectivity index (χ4n) is 1.28. The SMILES string of the molecule is CCSCCCOc1ccc(C(N)=S)c(Cl)c1. The first kappa shape index (κ1) is 14.6. The van der Waals surface area contributed by atoms with Gasteiger partial charge in [0.1, 0.15) is 10.7 Å². The lowest BCUT2D eigenvalue weighted by Crippen LogP contribution is -2.10. The van der Waals surface area contributed by atoms with Crippen molar-refractivity contribution in [3.63, 3.8) is 0 Å². The molecular formula is C12H16ClNOS2. The Bertz CT molecular complexity index is 385. The Balaban J connectivity index is 2.45. The predicted molar refractivity (Wildman–Crippen MR) is 80.5 cm³/mol. The number of hydrogen-bond acceptors (Lipinski definition) is 3. The molecule has 0 saturated carbocycles. The summed E-state index contributed by atoms with van der Waals surface area (Å²) in [5.74, 6) is 3.03. The van der Waals surface area contributed by atoms with Crippen LogP contribution >= 0.6 is 35.6 Å². The molecule has 0 unspecified atom stereocenters. The maximum atomic E-state index is 6.04. The number of nitrogens with two attached hydrogens (primary N) is 1. The molecule has 0 atom stereocenters. The van der Waals surface area contributed by atoms with E-state index in [1.54, 1.807) is 12.1 Å². The van der Waals surface area contributed by atoms with Crippen LogP contribution in [-0.2, 0) is 0 Å². The van der Waals surface area contributed by atoms with Crippen molar-refractivity contribution in [2.24, 2.45) is 5.73 Å². The van der Waals surface area contributed by atoms with Gasteiger partial charge in [-0.15, -0.1) is 0 Å². The average Bonchev–Trinajstić information content (AvgIpc) is 2.28. The molecule has 0 radical (unpaired) electrons. The third kappa shape index (κ3) is 5.15. The number of ether oxygens (including phenoxy) is 1. The molecule has 0 aliphatic heterocycles. The van der Waals surface area contributed by atoms with E-state index < -0.39 is 0 Å². The van der Waals surface area contributed by atoms with Crippen LogP contribution in [0.4, 0.5) is 0 Å². The van der Waals surface area contributed by atoms with Crippen LogP contribution in [0.1, 0.15) is 18.9 Å². The summed E-state index contributed by atoms with van der Waals surface area (Å²) in [6.07, 6.45) is 1.03. The van der Waals surface area contributed by atoms with Gasteiger partial charge in [-0.3, -0.25) is 0 Å². The minimum atomic E-state index is 0.306. The highest BCUT2D eigenvalue weighted by molar-refractivity contribution is 7.99. The van der Waals surface area contributed by atoms with E-state index >= 15 is 0 Å². The fourth-order valence-corrected chi connectivity index (χ4v) is 2.40. The number of halogens is 1. The summed E-state index contributed by atoms with van der Waals surface area (Å²) in [7, 11) is 0. The molecule has 0 fully saturated rings.